The van der Waals surface area contributed by atoms with E-state index >= 15 is 0 Å². The van der Waals surface area contributed by atoms with Crippen molar-refractivity contribution in [1.82, 2.24) is 9.78 Å². The molecule has 0 fully saturated rings. The third-order valence-electron chi connectivity index (χ3n) is 1.16. The molecular weight excluding hydrogens is 194 g/mol. The van der Waals surface area contributed by atoms with E-state index in [4.69, 9.17) is 5.26 Å². The Hall–Kier alpha value is -0.820. The standard InChI is InChI=1S/C6H5BrN3/c1-4-6(7)5(3-8)10(2)9-4/h1H2,2H3. The zero-order valence-corrected chi connectivity index (χ0v) is 7.01. The van der Waals surface area contributed by atoms with Gasteiger partial charge in [-0.2, -0.15) is 10.4 Å². The van der Waals surface area contributed by atoms with Crippen molar-refractivity contribution in [3.05, 3.63) is 22.8 Å². The van der Waals surface area contributed by atoms with Crippen molar-refractivity contribution in [1.29, 1.82) is 5.26 Å². The summed E-state index contributed by atoms with van der Waals surface area (Å²) >= 11 is 3.19. The van der Waals surface area contributed by atoms with E-state index in [1.54, 1.807) is 7.05 Å². The van der Waals surface area contributed by atoms with Crippen molar-refractivity contribution >= 4 is 15.9 Å². The molecule has 1 heterocycles. The first kappa shape index (κ1) is 7.29. The Morgan fingerprint density at radius 3 is 2.60 bits per heavy atom. The second kappa shape index (κ2) is 2.43. The summed E-state index contributed by atoms with van der Waals surface area (Å²) in [7, 11) is 1.71. The van der Waals surface area contributed by atoms with Crippen LogP contribution in [0.3, 0.4) is 0 Å². The molecule has 0 atom stereocenters. The molecule has 3 nitrogen and oxygen atoms in total. The largest absolute Gasteiger partial charge is 0.257 e. The Morgan fingerprint density at radius 1 is 1.80 bits per heavy atom. The number of rotatable bonds is 0. The lowest BCUT2D eigenvalue weighted by atomic mass is 10.4. The first-order chi connectivity index (χ1) is 4.66. The van der Waals surface area contributed by atoms with Gasteiger partial charge in [0.2, 0.25) is 0 Å². The van der Waals surface area contributed by atoms with Gasteiger partial charge in [0, 0.05) is 7.05 Å². The summed E-state index contributed by atoms with van der Waals surface area (Å²) in [5.74, 6) is 0. The van der Waals surface area contributed by atoms with Crippen LogP contribution in [-0.4, -0.2) is 9.78 Å². The van der Waals surface area contributed by atoms with Crippen molar-refractivity contribution in [3.63, 3.8) is 0 Å². The Balaban J connectivity index is 3.37. The van der Waals surface area contributed by atoms with Gasteiger partial charge in [0.05, 0.1) is 10.2 Å². The Morgan fingerprint density at radius 2 is 2.40 bits per heavy atom. The quantitative estimate of drug-likeness (QED) is 0.630. The van der Waals surface area contributed by atoms with Gasteiger partial charge in [-0.1, -0.05) is 0 Å². The number of hydrogen-bond donors (Lipinski definition) is 0. The van der Waals surface area contributed by atoms with E-state index in [2.05, 4.69) is 28.0 Å². The monoisotopic (exact) mass is 198 g/mol. The van der Waals surface area contributed by atoms with Gasteiger partial charge in [0.1, 0.15) is 6.07 Å². The molecule has 0 amide bonds. The maximum atomic E-state index is 8.54. The topological polar surface area (TPSA) is 41.6 Å². The van der Waals surface area contributed by atoms with E-state index in [-0.39, 0.29) is 0 Å². The lowest BCUT2D eigenvalue weighted by Gasteiger charge is -1.86. The molecule has 0 bridgehead atoms. The normalized spacial score (nSPS) is 9.40. The molecule has 0 spiro atoms. The third kappa shape index (κ3) is 0.929. The van der Waals surface area contributed by atoms with E-state index in [1.165, 1.54) is 4.68 Å². The highest BCUT2D eigenvalue weighted by Crippen LogP contribution is 2.18. The van der Waals surface area contributed by atoms with E-state index in [0.717, 1.165) is 0 Å². The lowest BCUT2D eigenvalue weighted by Crippen LogP contribution is -1.93. The van der Waals surface area contributed by atoms with Crippen molar-refractivity contribution in [2.75, 3.05) is 0 Å². The highest BCUT2D eigenvalue weighted by atomic mass is 79.9. The Kier molecular flexibility index (Phi) is 1.77. The molecule has 0 aromatic carbocycles. The minimum absolute atomic E-state index is 0.505. The minimum atomic E-state index is 0.505. The number of nitrogens with zero attached hydrogens (tertiary/aromatic N) is 3. The Bertz CT molecular complexity index is 295. The summed E-state index contributed by atoms with van der Waals surface area (Å²) in [6, 6.07) is 2.00. The van der Waals surface area contributed by atoms with Crippen LogP contribution in [-0.2, 0) is 7.05 Å². The predicted molar refractivity (Wildman–Crippen MR) is 40.1 cm³/mol. The summed E-state index contributed by atoms with van der Waals surface area (Å²) < 4.78 is 2.17. The third-order valence-corrected chi connectivity index (χ3v) is 1.99. The molecule has 0 aliphatic heterocycles. The predicted octanol–water partition coefficient (Wildman–Crippen LogP) is 1.24. The zero-order valence-electron chi connectivity index (χ0n) is 5.43. The van der Waals surface area contributed by atoms with E-state index in [9.17, 15) is 0 Å². The average molecular weight is 199 g/mol. The van der Waals surface area contributed by atoms with Crippen molar-refractivity contribution in [2.45, 2.75) is 0 Å². The van der Waals surface area contributed by atoms with Gasteiger partial charge >= 0.3 is 0 Å². The van der Waals surface area contributed by atoms with Gasteiger partial charge in [-0.15, -0.1) is 0 Å². The molecule has 0 unspecified atom stereocenters. The van der Waals surface area contributed by atoms with Gasteiger partial charge in [-0.25, -0.2) is 0 Å². The van der Waals surface area contributed by atoms with E-state index < -0.39 is 0 Å². The van der Waals surface area contributed by atoms with Crippen LogP contribution in [0, 0.1) is 18.3 Å². The van der Waals surface area contributed by atoms with Gasteiger partial charge in [0.15, 0.2) is 5.69 Å². The second-order valence-corrected chi connectivity index (χ2v) is 2.64. The molecule has 0 aliphatic rings. The van der Waals surface area contributed by atoms with Gasteiger partial charge in [0.25, 0.3) is 0 Å². The summed E-state index contributed by atoms with van der Waals surface area (Å²) in [5.41, 5.74) is 1.10. The SMILES string of the molecule is [CH2]c1nn(C)c(C#N)c1Br. The zero-order chi connectivity index (χ0) is 7.72. The van der Waals surface area contributed by atoms with Crippen molar-refractivity contribution in [3.8, 4) is 6.07 Å². The van der Waals surface area contributed by atoms with E-state index in [0.29, 0.717) is 15.9 Å². The fraction of sp³-hybridized carbons (Fsp3) is 0.167. The molecule has 1 radical (unpaired) electrons. The molecule has 1 aromatic heterocycles. The van der Waals surface area contributed by atoms with Gasteiger partial charge < -0.3 is 0 Å². The number of hydrogen-bond acceptors (Lipinski definition) is 2. The van der Waals surface area contributed by atoms with Crippen LogP contribution < -0.4 is 0 Å². The number of aryl methyl sites for hydroxylation is 1. The van der Waals surface area contributed by atoms with Crippen LogP contribution in [0.5, 0.6) is 0 Å². The van der Waals surface area contributed by atoms with Gasteiger partial charge in [-0.3, -0.25) is 4.68 Å². The maximum Gasteiger partial charge on any atom is 0.152 e. The van der Waals surface area contributed by atoms with Crippen LogP contribution in [0.4, 0.5) is 0 Å². The molecule has 0 N–H and O–H groups in total. The van der Waals surface area contributed by atoms with E-state index in [1.807, 2.05) is 6.07 Å². The second-order valence-electron chi connectivity index (χ2n) is 1.84. The first-order valence-electron chi connectivity index (χ1n) is 2.61. The van der Waals surface area contributed by atoms with Crippen LogP contribution >= 0.6 is 15.9 Å². The molecule has 10 heavy (non-hydrogen) atoms. The maximum absolute atomic E-state index is 8.54. The summed E-state index contributed by atoms with van der Waals surface area (Å²) in [4.78, 5) is 0. The fourth-order valence-electron chi connectivity index (χ4n) is 0.675. The minimum Gasteiger partial charge on any atom is -0.257 e. The van der Waals surface area contributed by atoms with Crippen molar-refractivity contribution < 1.29 is 0 Å². The van der Waals surface area contributed by atoms with Gasteiger partial charge in [-0.05, 0) is 22.9 Å². The molecule has 0 saturated heterocycles. The Labute approximate surface area is 67.4 Å². The molecule has 0 saturated carbocycles. The smallest absolute Gasteiger partial charge is 0.152 e. The summed E-state index contributed by atoms with van der Waals surface area (Å²) in [6.07, 6.45) is 0. The number of aromatic nitrogens is 2. The van der Waals surface area contributed by atoms with Crippen LogP contribution in [0.25, 0.3) is 0 Å². The molecule has 1 rings (SSSR count). The molecule has 0 aliphatic carbocycles. The van der Waals surface area contributed by atoms with Crippen LogP contribution in [0.2, 0.25) is 0 Å². The molecule has 1 aromatic rings. The molecule has 4 heteroatoms. The van der Waals surface area contributed by atoms with Crippen LogP contribution in [0.15, 0.2) is 4.47 Å². The average Bonchev–Trinajstić information content (AvgIpc) is 2.09. The summed E-state index contributed by atoms with van der Waals surface area (Å²) in [6.45, 7) is 3.62. The summed E-state index contributed by atoms with van der Waals surface area (Å²) in [5, 5.41) is 12.5. The number of halogens is 1. The number of nitriles is 1. The molecule has 51 valence electrons. The van der Waals surface area contributed by atoms with Crippen molar-refractivity contribution in [2.24, 2.45) is 7.05 Å². The molecular formula is C6H5BrN3. The highest BCUT2D eigenvalue weighted by molar-refractivity contribution is 9.10. The first-order valence-corrected chi connectivity index (χ1v) is 3.40. The fourth-order valence-corrected chi connectivity index (χ4v) is 1.10. The van der Waals surface area contributed by atoms with Crippen LogP contribution in [0.1, 0.15) is 11.4 Å². The lowest BCUT2D eigenvalue weighted by molar-refractivity contribution is 0.750. The highest BCUT2D eigenvalue weighted by Gasteiger charge is 2.08.